The average Bonchev–Trinajstić information content (AvgIpc) is 2.47. The van der Waals surface area contributed by atoms with E-state index in [1.165, 1.54) is 83.8 Å². The summed E-state index contributed by atoms with van der Waals surface area (Å²) >= 11 is 0. The maximum absolute atomic E-state index is 5.70. The molecule has 1 atom stereocenters. The lowest BCUT2D eigenvalue weighted by atomic mass is 10.1. The van der Waals surface area contributed by atoms with Gasteiger partial charge in [0.15, 0.2) is 0 Å². The van der Waals surface area contributed by atoms with Crippen LogP contribution in [0.5, 0.6) is 0 Å². The third-order valence-corrected chi connectivity index (χ3v) is 4.25. The lowest BCUT2D eigenvalue weighted by molar-refractivity contribution is 0.245. The van der Waals surface area contributed by atoms with Gasteiger partial charge in [-0.25, -0.2) is 0 Å². The van der Waals surface area contributed by atoms with Gasteiger partial charge in [-0.2, -0.15) is 0 Å². The SMILES string of the molecule is CCCCCCCCCCCCN(CC)CC(C)CN. The Morgan fingerprint density at radius 3 is 1.75 bits per heavy atom. The van der Waals surface area contributed by atoms with Crippen molar-refractivity contribution in [1.29, 1.82) is 0 Å². The van der Waals surface area contributed by atoms with Crippen LogP contribution < -0.4 is 5.73 Å². The number of hydrogen-bond donors (Lipinski definition) is 1. The minimum atomic E-state index is 0.637. The monoisotopic (exact) mass is 284 g/mol. The fraction of sp³-hybridized carbons (Fsp3) is 1.00. The van der Waals surface area contributed by atoms with E-state index in [2.05, 4.69) is 25.7 Å². The molecule has 0 saturated carbocycles. The highest BCUT2D eigenvalue weighted by atomic mass is 15.1. The van der Waals surface area contributed by atoms with E-state index in [4.69, 9.17) is 5.73 Å². The van der Waals surface area contributed by atoms with E-state index in [9.17, 15) is 0 Å². The zero-order valence-electron chi connectivity index (χ0n) is 14.5. The first-order valence-corrected chi connectivity index (χ1v) is 9.16. The molecule has 0 rings (SSSR count). The number of hydrogen-bond acceptors (Lipinski definition) is 2. The van der Waals surface area contributed by atoms with Crippen LogP contribution in [0.25, 0.3) is 0 Å². The largest absolute Gasteiger partial charge is 0.330 e. The summed E-state index contributed by atoms with van der Waals surface area (Å²) in [4.78, 5) is 2.56. The summed E-state index contributed by atoms with van der Waals surface area (Å²) in [5.74, 6) is 0.637. The van der Waals surface area contributed by atoms with Gasteiger partial charge in [-0.1, -0.05) is 78.6 Å². The molecule has 1 unspecified atom stereocenters. The van der Waals surface area contributed by atoms with Crippen molar-refractivity contribution in [3.05, 3.63) is 0 Å². The molecule has 0 aliphatic rings. The molecule has 0 aliphatic carbocycles. The van der Waals surface area contributed by atoms with Crippen molar-refractivity contribution >= 4 is 0 Å². The summed E-state index contributed by atoms with van der Waals surface area (Å²) in [5, 5.41) is 0. The minimum absolute atomic E-state index is 0.637. The normalized spacial score (nSPS) is 13.1. The Bertz CT molecular complexity index is 182. The van der Waals surface area contributed by atoms with Crippen molar-refractivity contribution in [2.75, 3.05) is 26.2 Å². The number of nitrogens with two attached hydrogens (primary N) is 1. The lowest BCUT2D eigenvalue weighted by Crippen LogP contribution is -2.32. The molecular weight excluding hydrogens is 244 g/mol. The summed E-state index contributed by atoms with van der Waals surface area (Å²) < 4.78 is 0. The van der Waals surface area contributed by atoms with E-state index in [0.29, 0.717) is 5.92 Å². The van der Waals surface area contributed by atoms with Gasteiger partial charge in [0.25, 0.3) is 0 Å². The average molecular weight is 285 g/mol. The Labute approximate surface area is 128 Å². The quantitative estimate of drug-likeness (QED) is 0.437. The van der Waals surface area contributed by atoms with Gasteiger partial charge in [0, 0.05) is 6.54 Å². The number of nitrogens with zero attached hydrogens (tertiary/aromatic N) is 1. The fourth-order valence-electron chi connectivity index (χ4n) is 2.72. The van der Waals surface area contributed by atoms with E-state index in [0.717, 1.165) is 6.54 Å². The van der Waals surface area contributed by atoms with E-state index in [1.807, 2.05) is 0 Å². The molecule has 0 amide bonds. The van der Waals surface area contributed by atoms with Gasteiger partial charge < -0.3 is 10.6 Å². The van der Waals surface area contributed by atoms with Gasteiger partial charge >= 0.3 is 0 Å². The Kier molecular flexibility index (Phi) is 15.3. The van der Waals surface area contributed by atoms with E-state index in [1.54, 1.807) is 0 Å². The second-order valence-electron chi connectivity index (χ2n) is 6.42. The highest BCUT2D eigenvalue weighted by molar-refractivity contribution is 4.62. The molecule has 2 heteroatoms. The van der Waals surface area contributed by atoms with Gasteiger partial charge in [0.2, 0.25) is 0 Å². The molecule has 0 aromatic rings. The van der Waals surface area contributed by atoms with Crippen LogP contribution >= 0.6 is 0 Å². The molecule has 20 heavy (non-hydrogen) atoms. The zero-order chi connectivity index (χ0) is 15.1. The van der Waals surface area contributed by atoms with Crippen molar-refractivity contribution in [2.45, 2.75) is 85.0 Å². The summed E-state index contributed by atoms with van der Waals surface area (Å²) in [6.07, 6.45) is 14.2. The highest BCUT2D eigenvalue weighted by Crippen LogP contribution is 2.11. The molecule has 0 bridgehead atoms. The third kappa shape index (κ3) is 12.9. The van der Waals surface area contributed by atoms with Gasteiger partial charge in [-0.05, 0) is 32.0 Å². The van der Waals surface area contributed by atoms with Gasteiger partial charge in [0.1, 0.15) is 0 Å². The van der Waals surface area contributed by atoms with Crippen LogP contribution in [0.15, 0.2) is 0 Å². The van der Waals surface area contributed by atoms with Gasteiger partial charge in [-0.15, -0.1) is 0 Å². The summed E-state index contributed by atoms with van der Waals surface area (Å²) in [6.45, 7) is 11.2. The Hall–Kier alpha value is -0.0800. The summed E-state index contributed by atoms with van der Waals surface area (Å²) in [5.41, 5.74) is 5.70. The second-order valence-corrected chi connectivity index (χ2v) is 6.42. The van der Waals surface area contributed by atoms with Gasteiger partial charge in [0.05, 0.1) is 0 Å². The molecule has 0 spiro atoms. The molecule has 122 valence electrons. The molecule has 2 N–H and O–H groups in total. The molecule has 0 saturated heterocycles. The molecule has 0 aliphatic heterocycles. The fourth-order valence-corrected chi connectivity index (χ4v) is 2.72. The predicted molar refractivity (Wildman–Crippen MR) is 92.2 cm³/mol. The Balaban J connectivity index is 3.29. The van der Waals surface area contributed by atoms with Crippen molar-refractivity contribution in [2.24, 2.45) is 11.7 Å². The first-order valence-electron chi connectivity index (χ1n) is 9.16. The molecule has 0 aromatic carbocycles. The summed E-state index contributed by atoms with van der Waals surface area (Å²) in [6, 6.07) is 0. The zero-order valence-corrected chi connectivity index (χ0v) is 14.5. The van der Waals surface area contributed by atoms with Crippen LogP contribution in [0.3, 0.4) is 0 Å². The van der Waals surface area contributed by atoms with Crippen LogP contribution in [-0.2, 0) is 0 Å². The topological polar surface area (TPSA) is 29.3 Å². The van der Waals surface area contributed by atoms with E-state index < -0.39 is 0 Å². The Morgan fingerprint density at radius 2 is 1.30 bits per heavy atom. The van der Waals surface area contributed by atoms with E-state index in [-0.39, 0.29) is 0 Å². The molecule has 0 fully saturated rings. The van der Waals surface area contributed by atoms with Crippen LogP contribution in [0.1, 0.15) is 85.0 Å². The van der Waals surface area contributed by atoms with Crippen molar-refractivity contribution < 1.29 is 0 Å². The highest BCUT2D eigenvalue weighted by Gasteiger charge is 2.06. The third-order valence-electron chi connectivity index (χ3n) is 4.25. The second kappa shape index (κ2) is 15.3. The molecular formula is C18H40N2. The molecule has 0 aromatic heterocycles. The van der Waals surface area contributed by atoms with Crippen LogP contribution in [0.2, 0.25) is 0 Å². The van der Waals surface area contributed by atoms with Crippen molar-refractivity contribution in [3.8, 4) is 0 Å². The first kappa shape index (κ1) is 19.9. The Morgan fingerprint density at radius 1 is 0.800 bits per heavy atom. The lowest BCUT2D eigenvalue weighted by Gasteiger charge is -2.23. The maximum Gasteiger partial charge on any atom is 0.00189 e. The number of unbranched alkanes of at least 4 members (excludes halogenated alkanes) is 9. The minimum Gasteiger partial charge on any atom is -0.330 e. The predicted octanol–water partition coefficient (Wildman–Crippen LogP) is 4.82. The molecule has 0 radical (unpaired) electrons. The van der Waals surface area contributed by atoms with Crippen molar-refractivity contribution in [3.63, 3.8) is 0 Å². The maximum atomic E-state index is 5.70. The van der Waals surface area contributed by atoms with Crippen LogP contribution in [-0.4, -0.2) is 31.1 Å². The standard InChI is InChI=1S/C18H40N2/c1-4-6-7-8-9-10-11-12-13-14-15-20(5-2)17-18(3)16-19/h18H,4-17,19H2,1-3H3. The van der Waals surface area contributed by atoms with Crippen LogP contribution in [0, 0.1) is 5.92 Å². The van der Waals surface area contributed by atoms with Gasteiger partial charge in [-0.3, -0.25) is 0 Å². The molecule has 0 heterocycles. The van der Waals surface area contributed by atoms with Crippen molar-refractivity contribution in [1.82, 2.24) is 4.90 Å². The number of rotatable bonds is 15. The summed E-state index contributed by atoms with van der Waals surface area (Å²) in [7, 11) is 0. The van der Waals surface area contributed by atoms with E-state index >= 15 is 0 Å². The molecule has 2 nitrogen and oxygen atoms in total. The first-order chi connectivity index (χ1) is 9.74. The van der Waals surface area contributed by atoms with Crippen LogP contribution in [0.4, 0.5) is 0 Å². The smallest absolute Gasteiger partial charge is 0.00189 e.